The summed E-state index contributed by atoms with van der Waals surface area (Å²) >= 11 is 5.74. The smallest absolute Gasteiger partial charge is 0.328 e. The number of carbonyl (C=O) groups is 2. The standard InChI is InChI=1S/C10H16S.C4H6O3.C4H8O2S/c1-2-3-4-5-7-10-8-6-9-11-10;5-3-1-2-4(6)7;1-3(7)2-4(5)6/h6,8-9H,2-5,7H2,1H3;1-2,5H,3H2,(H,6,7);3,7H,2H2,1H3,(H,5,6). The lowest BCUT2D eigenvalue weighted by Gasteiger charge is -1.95. The van der Waals surface area contributed by atoms with Gasteiger partial charge in [0.25, 0.3) is 0 Å². The Morgan fingerprint density at radius 2 is 1.96 bits per heavy atom. The molecular formula is C18H30O5S2. The second kappa shape index (κ2) is 19.0. The molecule has 3 N–H and O–H groups in total. The van der Waals surface area contributed by atoms with Crippen molar-refractivity contribution in [2.75, 3.05) is 6.61 Å². The van der Waals surface area contributed by atoms with Gasteiger partial charge in [-0.2, -0.15) is 12.6 Å². The van der Waals surface area contributed by atoms with Gasteiger partial charge < -0.3 is 15.3 Å². The van der Waals surface area contributed by atoms with Gasteiger partial charge in [0.15, 0.2) is 0 Å². The lowest BCUT2D eigenvalue weighted by molar-refractivity contribution is -0.137. The fraction of sp³-hybridized carbons (Fsp3) is 0.556. The molecule has 1 aromatic rings. The Bertz CT molecular complexity index is 456. The van der Waals surface area contributed by atoms with Gasteiger partial charge >= 0.3 is 11.9 Å². The van der Waals surface area contributed by atoms with Crippen molar-refractivity contribution in [2.24, 2.45) is 0 Å². The van der Waals surface area contributed by atoms with Gasteiger partial charge in [0, 0.05) is 16.2 Å². The van der Waals surface area contributed by atoms with E-state index in [4.69, 9.17) is 15.3 Å². The number of aryl methyl sites for hydroxylation is 1. The first-order valence-corrected chi connectivity index (χ1v) is 9.65. The number of rotatable bonds is 9. The van der Waals surface area contributed by atoms with Crippen LogP contribution in [0.5, 0.6) is 0 Å². The van der Waals surface area contributed by atoms with Crippen LogP contribution < -0.4 is 0 Å². The van der Waals surface area contributed by atoms with Gasteiger partial charge in [-0.15, -0.1) is 11.3 Å². The quantitative estimate of drug-likeness (QED) is 0.287. The third-order valence-electron chi connectivity index (χ3n) is 2.69. The van der Waals surface area contributed by atoms with Crippen LogP contribution in [0.15, 0.2) is 29.7 Å². The number of hydrogen-bond acceptors (Lipinski definition) is 5. The van der Waals surface area contributed by atoms with Gasteiger partial charge in [-0.1, -0.05) is 45.3 Å². The molecule has 7 heteroatoms. The minimum absolute atomic E-state index is 0.0301. The molecular weight excluding hydrogens is 360 g/mol. The zero-order valence-corrected chi connectivity index (χ0v) is 16.6. The van der Waals surface area contributed by atoms with E-state index in [2.05, 4.69) is 37.1 Å². The van der Waals surface area contributed by atoms with Crippen LogP contribution in [0, 0.1) is 0 Å². The Hall–Kier alpha value is -1.31. The molecule has 1 heterocycles. The topological polar surface area (TPSA) is 94.8 Å². The number of thiol groups is 1. The molecule has 1 rings (SSSR count). The van der Waals surface area contributed by atoms with Crippen LogP contribution in [0.1, 0.15) is 50.8 Å². The number of thiophene rings is 1. The van der Waals surface area contributed by atoms with Gasteiger partial charge in [0.2, 0.25) is 0 Å². The number of hydrogen-bond donors (Lipinski definition) is 4. The van der Waals surface area contributed by atoms with Crippen molar-refractivity contribution in [3.8, 4) is 0 Å². The van der Waals surface area contributed by atoms with E-state index in [0.29, 0.717) is 0 Å². The fourth-order valence-corrected chi connectivity index (χ4v) is 2.49. The number of aliphatic carboxylic acids is 2. The largest absolute Gasteiger partial charge is 0.481 e. The molecule has 0 fully saturated rings. The second-order valence-electron chi connectivity index (χ2n) is 5.26. The summed E-state index contributed by atoms with van der Waals surface area (Å²) in [7, 11) is 0. The van der Waals surface area contributed by atoms with E-state index in [1.165, 1.54) is 32.1 Å². The highest BCUT2D eigenvalue weighted by molar-refractivity contribution is 7.80. The van der Waals surface area contributed by atoms with Crippen LogP contribution in [0.3, 0.4) is 0 Å². The SMILES string of the molecule is CC(S)CC(=O)O.CCCCCCc1cccs1.O=C(O)C=CCO. The van der Waals surface area contributed by atoms with E-state index >= 15 is 0 Å². The van der Waals surface area contributed by atoms with E-state index in [-0.39, 0.29) is 18.3 Å². The summed E-state index contributed by atoms with van der Waals surface area (Å²) < 4.78 is 0. The summed E-state index contributed by atoms with van der Waals surface area (Å²) in [6.07, 6.45) is 8.97. The van der Waals surface area contributed by atoms with Crippen LogP contribution in [0.2, 0.25) is 0 Å². The van der Waals surface area contributed by atoms with Crippen molar-refractivity contribution in [1.29, 1.82) is 0 Å². The van der Waals surface area contributed by atoms with Crippen LogP contribution in [-0.2, 0) is 16.0 Å². The average Bonchev–Trinajstić information content (AvgIpc) is 3.03. The Balaban J connectivity index is 0. The molecule has 0 aliphatic heterocycles. The first kappa shape index (κ1) is 25.9. The van der Waals surface area contributed by atoms with Crippen LogP contribution in [0.4, 0.5) is 0 Å². The Labute approximate surface area is 159 Å². The molecule has 144 valence electrons. The summed E-state index contributed by atoms with van der Waals surface area (Å²) in [6.45, 7) is 3.79. The van der Waals surface area contributed by atoms with E-state index in [1.54, 1.807) is 11.8 Å². The Morgan fingerprint density at radius 1 is 1.28 bits per heavy atom. The van der Waals surface area contributed by atoms with E-state index < -0.39 is 11.9 Å². The van der Waals surface area contributed by atoms with Crippen LogP contribution in [0.25, 0.3) is 0 Å². The number of carboxylic acid groups (broad SMARTS) is 2. The van der Waals surface area contributed by atoms with E-state index in [1.807, 2.05) is 11.3 Å². The van der Waals surface area contributed by atoms with Crippen molar-refractivity contribution >= 4 is 35.9 Å². The third kappa shape index (κ3) is 25.1. The van der Waals surface area contributed by atoms with Gasteiger partial charge in [0.1, 0.15) is 0 Å². The van der Waals surface area contributed by atoms with Crippen LogP contribution >= 0.6 is 24.0 Å². The number of unbranched alkanes of at least 4 members (excludes halogenated alkanes) is 3. The summed E-state index contributed by atoms with van der Waals surface area (Å²) in [5.41, 5.74) is 0. The van der Waals surface area contributed by atoms with Crippen molar-refractivity contribution < 1.29 is 24.9 Å². The molecule has 1 atom stereocenters. The lowest BCUT2D eigenvalue weighted by atomic mass is 10.1. The molecule has 0 spiro atoms. The average molecular weight is 391 g/mol. The summed E-state index contributed by atoms with van der Waals surface area (Å²) in [5, 5.41) is 26.0. The molecule has 0 saturated carbocycles. The maximum absolute atomic E-state index is 9.76. The highest BCUT2D eigenvalue weighted by atomic mass is 32.1. The highest BCUT2D eigenvalue weighted by Gasteiger charge is 1.99. The molecule has 0 aromatic carbocycles. The Kier molecular flexibility index (Phi) is 19.7. The molecule has 1 aromatic heterocycles. The summed E-state index contributed by atoms with van der Waals surface area (Å²) in [6, 6.07) is 4.37. The molecule has 0 saturated heterocycles. The van der Waals surface area contributed by atoms with Crippen molar-refractivity contribution in [2.45, 2.75) is 57.6 Å². The Morgan fingerprint density at radius 3 is 2.28 bits per heavy atom. The molecule has 0 aliphatic carbocycles. The molecule has 0 amide bonds. The highest BCUT2D eigenvalue weighted by Crippen LogP contribution is 2.12. The first-order valence-electron chi connectivity index (χ1n) is 8.26. The van der Waals surface area contributed by atoms with Crippen LogP contribution in [-0.4, -0.2) is 39.1 Å². The number of aliphatic hydroxyl groups excluding tert-OH is 1. The monoisotopic (exact) mass is 390 g/mol. The zero-order valence-electron chi connectivity index (χ0n) is 14.9. The molecule has 0 bridgehead atoms. The lowest BCUT2D eigenvalue weighted by Crippen LogP contribution is -2.01. The molecule has 0 radical (unpaired) electrons. The molecule has 0 aliphatic rings. The van der Waals surface area contributed by atoms with Gasteiger partial charge in [0.05, 0.1) is 13.0 Å². The minimum Gasteiger partial charge on any atom is -0.481 e. The zero-order chi connectivity index (χ0) is 19.5. The second-order valence-corrected chi connectivity index (χ2v) is 7.17. The molecule has 1 unspecified atom stereocenters. The maximum Gasteiger partial charge on any atom is 0.328 e. The van der Waals surface area contributed by atoms with Crippen molar-refractivity contribution in [3.05, 3.63) is 34.5 Å². The number of aliphatic hydroxyl groups is 1. The molecule has 5 nitrogen and oxygen atoms in total. The van der Waals surface area contributed by atoms with Gasteiger partial charge in [-0.05, 0) is 24.3 Å². The number of carboxylic acids is 2. The maximum atomic E-state index is 9.76. The fourth-order valence-electron chi connectivity index (χ4n) is 1.59. The van der Waals surface area contributed by atoms with Crippen molar-refractivity contribution in [1.82, 2.24) is 0 Å². The van der Waals surface area contributed by atoms with Gasteiger partial charge in [-0.25, -0.2) is 4.79 Å². The summed E-state index contributed by atoms with van der Waals surface area (Å²) in [5.74, 6) is -1.82. The minimum atomic E-state index is -1.03. The van der Waals surface area contributed by atoms with Crippen molar-refractivity contribution in [3.63, 3.8) is 0 Å². The van der Waals surface area contributed by atoms with E-state index in [9.17, 15) is 9.59 Å². The summed E-state index contributed by atoms with van der Waals surface area (Å²) in [4.78, 5) is 20.9. The van der Waals surface area contributed by atoms with Gasteiger partial charge in [-0.3, -0.25) is 4.79 Å². The third-order valence-corrected chi connectivity index (χ3v) is 3.81. The van der Waals surface area contributed by atoms with E-state index in [0.717, 1.165) is 12.2 Å². The normalized spacial score (nSPS) is 11.0. The first-order chi connectivity index (χ1) is 11.8. The predicted molar refractivity (Wildman–Crippen MR) is 107 cm³/mol. The molecule has 25 heavy (non-hydrogen) atoms. The predicted octanol–water partition coefficient (Wildman–Crippen LogP) is 4.27.